The standard InChI is InChI=1S/C33H43N3O5S/c1-4-23-7-8-24(36(23)32-34-29-26(38-2)17-22(31(37)39-3)18-27(29)42-32)11-16-40-19-25-28(35-41-30(25)21-5-6-21)20-9-12-33(13-10-20)14-15-33/h17-18,20-21,23-24H,4-16,19H2,1-3H3/t23?,24-/m0/s1. The van der Waals surface area contributed by atoms with E-state index in [0.717, 1.165) is 46.8 Å². The van der Waals surface area contributed by atoms with Crippen LogP contribution in [0.25, 0.3) is 10.2 Å². The van der Waals surface area contributed by atoms with E-state index in [1.54, 1.807) is 24.5 Å². The highest BCUT2D eigenvalue weighted by atomic mass is 32.1. The Hall–Kier alpha value is -2.65. The van der Waals surface area contributed by atoms with Gasteiger partial charge in [0, 0.05) is 36.1 Å². The summed E-state index contributed by atoms with van der Waals surface area (Å²) in [5, 5.41) is 5.63. The van der Waals surface area contributed by atoms with Gasteiger partial charge in [-0.3, -0.25) is 0 Å². The van der Waals surface area contributed by atoms with Gasteiger partial charge in [-0.2, -0.15) is 0 Å². The second-order valence-electron chi connectivity index (χ2n) is 13.0. The van der Waals surface area contributed by atoms with E-state index in [9.17, 15) is 4.79 Å². The molecule has 3 aliphatic carbocycles. The van der Waals surface area contributed by atoms with Crippen molar-refractivity contribution in [3.05, 3.63) is 34.7 Å². The maximum atomic E-state index is 12.2. The fraction of sp³-hybridized carbons (Fsp3) is 0.667. The maximum absolute atomic E-state index is 12.2. The monoisotopic (exact) mass is 593 g/mol. The van der Waals surface area contributed by atoms with E-state index >= 15 is 0 Å². The summed E-state index contributed by atoms with van der Waals surface area (Å²) >= 11 is 1.63. The van der Waals surface area contributed by atoms with Gasteiger partial charge in [0.1, 0.15) is 17.0 Å². The quantitative estimate of drug-likeness (QED) is 0.165. The molecule has 8 nitrogen and oxygen atoms in total. The molecule has 42 heavy (non-hydrogen) atoms. The minimum absolute atomic E-state index is 0.361. The molecule has 1 saturated heterocycles. The van der Waals surface area contributed by atoms with Crippen molar-refractivity contribution in [1.29, 1.82) is 0 Å². The number of methoxy groups -OCH3 is 2. The lowest BCUT2D eigenvalue weighted by Gasteiger charge is -2.29. The fourth-order valence-electron chi connectivity index (χ4n) is 7.49. The number of aromatic nitrogens is 2. The molecule has 0 N–H and O–H groups in total. The molecule has 3 saturated carbocycles. The van der Waals surface area contributed by atoms with Gasteiger partial charge >= 0.3 is 5.97 Å². The number of carbonyl (C=O) groups excluding carboxylic acids is 1. The highest BCUT2D eigenvalue weighted by Crippen LogP contribution is 2.59. The van der Waals surface area contributed by atoms with Gasteiger partial charge < -0.3 is 23.6 Å². The van der Waals surface area contributed by atoms with Gasteiger partial charge in [-0.15, -0.1) is 0 Å². The van der Waals surface area contributed by atoms with Gasteiger partial charge in [0.25, 0.3) is 0 Å². The number of hydrogen-bond donors (Lipinski definition) is 0. The zero-order chi connectivity index (χ0) is 28.8. The average Bonchev–Trinajstić information content (AvgIpc) is 3.86. The van der Waals surface area contributed by atoms with Crippen LogP contribution in [0.3, 0.4) is 0 Å². The summed E-state index contributed by atoms with van der Waals surface area (Å²) in [7, 11) is 3.02. The number of carbonyl (C=O) groups is 1. The number of thiazole rings is 1. The molecule has 2 aromatic heterocycles. The van der Waals surface area contributed by atoms with Crippen LogP contribution in [0, 0.1) is 5.41 Å². The lowest BCUT2D eigenvalue weighted by Crippen LogP contribution is -2.36. The van der Waals surface area contributed by atoms with Crippen molar-refractivity contribution < 1.29 is 23.5 Å². The number of nitrogens with zero attached hydrogens (tertiary/aromatic N) is 3. The molecule has 0 radical (unpaired) electrons. The predicted molar refractivity (Wildman–Crippen MR) is 163 cm³/mol. The number of esters is 1. The summed E-state index contributed by atoms with van der Waals surface area (Å²) in [6.07, 6.45) is 14.7. The van der Waals surface area contributed by atoms with Gasteiger partial charge in [0.05, 0.1) is 36.8 Å². The third-order valence-corrected chi connectivity index (χ3v) is 11.4. The Labute approximate surface area is 252 Å². The molecule has 226 valence electrons. The lowest BCUT2D eigenvalue weighted by molar-refractivity contribution is 0.0600. The minimum Gasteiger partial charge on any atom is -0.494 e. The third kappa shape index (κ3) is 5.32. The minimum atomic E-state index is -0.371. The topological polar surface area (TPSA) is 86.9 Å². The highest BCUT2D eigenvalue weighted by Gasteiger charge is 2.46. The van der Waals surface area contributed by atoms with Crippen molar-refractivity contribution in [2.45, 2.75) is 114 Å². The van der Waals surface area contributed by atoms with Gasteiger partial charge in [0.2, 0.25) is 0 Å². The Bertz CT molecular complexity index is 1430. The molecule has 1 unspecified atom stereocenters. The molecular weight excluding hydrogens is 550 g/mol. The number of anilines is 1. The highest BCUT2D eigenvalue weighted by molar-refractivity contribution is 7.22. The van der Waals surface area contributed by atoms with Crippen LogP contribution in [-0.4, -0.2) is 49.0 Å². The van der Waals surface area contributed by atoms with Crippen LogP contribution in [0.2, 0.25) is 0 Å². The first-order valence-electron chi connectivity index (χ1n) is 15.9. The largest absolute Gasteiger partial charge is 0.494 e. The van der Waals surface area contributed by atoms with E-state index in [4.69, 9.17) is 23.7 Å². The summed E-state index contributed by atoms with van der Waals surface area (Å²) in [4.78, 5) is 19.8. The summed E-state index contributed by atoms with van der Waals surface area (Å²) in [6.45, 7) is 3.55. The Balaban J connectivity index is 1.04. The van der Waals surface area contributed by atoms with Crippen molar-refractivity contribution in [3.8, 4) is 5.75 Å². The lowest BCUT2D eigenvalue weighted by atomic mass is 9.77. The summed E-state index contributed by atoms with van der Waals surface area (Å²) in [6, 6.07) is 4.38. The Morgan fingerprint density at radius 2 is 1.83 bits per heavy atom. The van der Waals surface area contributed by atoms with Crippen LogP contribution in [0.5, 0.6) is 5.75 Å². The normalized spacial score (nSPS) is 23.6. The first-order valence-corrected chi connectivity index (χ1v) is 16.8. The van der Waals surface area contributed by atoms with E-state index in [-0.39, 0.29) is 5.97 Å². The van der Waals surface area contributed by atoms with Gasteiger partial charge in [0.15, 0.2) is 5.13 Å². The Kier molecular flexibility index (Phi) is 7.67. The van der Waals surface area contributed by atoms with Crippen molar-refractivity contribution >= 4 is 32.7 Å². The van der Waals surface area contributed by atoms with E-state index < -0.39 is 0 Å². The number of hydrogen-bond acceptors (Lipinski definition) is 9. The summed E-state index contributed by atoms with van der Waals surface area (Å²) in [5.41, 5.74) is 4.40. The fourth-order valence-corrected chi connectivity index (χ4v) is 8.65. The number of fused-ring (bicyclic) bond motifs is 1. The number of benzene rings is 1. The van der Waals surface area contributed by atoms with Crippen molar-refractivity contribution in [2.75, 3.05) is 25.7 Å². The molecular formula is C33H43N3O5S. The van der Waals surface area contributed by atoms with Crippen molar-refractivity contribution in [1.82, 2.24) is 10.1 Å². The summed E-state index contributed by atoms with van der Waals surface area (Å²) < 4.78 is 23.9. The molecule has 4 aliphatic rings. The number of ether oxygens (including phenoxy) is 3. The van der Waals surface area contributed by atoms with Crippen LogP contribution in [0.4, 0.5) is 5.13 Å². The van der Waals surface area contributed by atoms with Crippen LogP contribution >= 0.6 is 11.3 Å². The molecule has 9 heteroatoms. The maximum Gasteiger partial charge on any atom is 0.338 e. The molecule has 1 aliphatic heterocycles. The molecule has 3 aromatic rings. The predicted octanol–water partition coefficient (Wildman–Crippen LogP) is 7.75. The second kappa shape index (κ2) is 11.5. The Morgan fingerprint density at radius 3 is 2.52 bits per heavy atom. The molecule has 3 heterocycles. The molecule has 1 spiro atoms. The zero-order valence-corrected chi connectivity index (χ0v) is 26.0. The van der Waals surface area contributed by atoms with E-state index in [2.05, 4.69) is 17.0 Å². The van der Waals surface area contributed by atoms with Crippen LogP contribution in [0.15, 0.2) is 16.7 Å². The molecule has 7 rings (SSSR count). The van der Waals surface area contributed by atoms with E-state index in [0.29, 0.717) is 53.9 Å². The molecule has 0 bridgehead atoms. The Morgan fingerprint density at radius 1 is 1.05 bits per heavy atom. The number of rotatable bonds is 11. The van der Waals surface area contributed by atoms with Crippen LogP contribution in [0.1, 0.15) is 123 Å². The summed E-state index contributed by atoms with van der Waals surface area (Å²) in [5.74, 6) is 2.39. The smallest absolute Gasteiger partial charge is 0.338 e. The van der Waals surface area contributed by atoms with Gasteiger partial charge in [-0.1, -0.05) is 23.4 Å². The molecule has 0 amide bonds. The first kappa shape index (κ1) is 28.1. The SMILES string of the molecule is CCC1CC[C@@H](CCOCc2c(C3CCC4(CC3)CC4)noc2C2CC2)N1c1nc2c(OC)cc(C(=O)OC)cc2s1. The van der Waals surface area contributed by atoms with Gasteiger partial charge in [-0.05, 0) is 94.6 Å². The molecule has 4 fully saturated rings. The molecule has 1 aromatic carbocycles. The van der Waals surface area contributed by atoms with Crippen LogP contribution < -0.4 is 9.64 Å². The van der Waals surface area contributed by atoms with E-state index in [1.165, 1.54) is 69.7 Å². The first-order chi connectivity index (χ1) is 20.5. The van der Waals surface area contributed by atoms with E-state index in [1.807, 2.05) is 6.07 Å². The zero-order valence-electron chi connectivity index (χ0n) is 25.2. The van der Waals surface area contributed by atoms with Crippen molar-refractivity contribution in [3.63, 3.8) is 0 Å². The molecule has 2 atom stereocenters. The van der Waals surface area contributed by atoms with Crippen molar-refractivity contribution in [2.24, 2.45) is 5.41 Å². The average molecular weight is 594 g/mol. The van der Waals surface area contributed by atoms with Gasteiger partial charge in [-0.25, -0.2) is 9.78 Å². The second-order valence-corrected chi connectivity index (χ2v) is 14.0. The van der Waals surface area contributed by atoms with Crippen LogP contribution in [-0.2, 0) is 16.1 Å². The third-order valence-electron chi connectivity index (χ3n) is 10.4.